The predicted octanol–water partition coefficient (Wildman–Crippen LogP) is 7.03. The molecule has 3 fully saturated rings. The van der Waals surface area contributed by atoms with Gasteiger partial charge in [0.05, 0.1) is 29.8 Å². The molecule has 1 N–H and O–H groups in total. The Bertz CT molecular complexity index is 1730. The first-order chi connectivity index (χ1) is 20.1. The number of nitrogens with zero attached hydrogens (tertiary/aromatic N) is 4. The van der Waals surface area contributed by atoms with Crippen molar-refractivity contribution in [2.24, 2.45) is 11.8 Å². The SMILES string of the molecule is COc1cc(C(=O)N2CC3CCC2[C@@H]3N(C(=O)O)C(C)(C)C)cc2sc(-c3cc4cccnc4n3CC3CC3)c(C)c12. The molecule has 4 aromatic rings. The average Bonchev–Trinajstić information content (AvgIpc) is 3.27. The van der Waals surface area contributed by atoms with E-state index in [0.717, 1.165) is 46.1 Å². The van der Waals surface area contributed by atoms with Crippen LogP contribution in [0, 0.1) is 18.8 Å². The smallest absolute Gasteiger partial charge is 0.408 e. The van der Waals surface area contributed by atoms with Crippen LogP contribution in [-0.4, -0.2) is 67.7 Å². The highest BCUT2D eigenvalue weighted by Crippen LogP contribution is 2.47. The van der Waals surface area contributed by atoms with Crippen LogP contribution in [0.25, 0.3) is 31.7 Å². The van der Waals surface area contributed by atoms with Crippen LogP contribution in [0.2, 0.25) is 0 Å². The van der Waals surface area contributed by atoms with E-state index < -0.39 is 11.6 Å². The van der Waals surface area contributed by atoms with E-state index in [1.165, 1.54) is 23.4 Å². The summed E-state index contributed by atoms with van der Waals surface area (Å²) in [4.78, 5) is 35.8. The second kappa shape index (κ2) is 9.73. The number of aryl methyl sites for hydroxylation is 1. The average molecular weight is 587 g/mol. The number of piperidine rings is 1. The Balaban J connectivity index is 1.27. The highest BCUT2D eigenvalue weighted by Gasteiger charge is 2.54. The second-order valence-electron chi connectivity index (χ2n) is 13.3. The summed E-state index contributed by atoms with van der Waals surface area (Å²) in [7, 11) is 1.66. The van der Waals surface area contributed by atoms with Gasteiger partial charge in [-0.05, 0) is 101 Å². The number of pyridine rings is 1. The highest BCUT2D eigenvalue weighted by atomic mass is 32.1. The third-order valence-corrected chi connectivity index (χ3v) is 10.8. The highest BCUT2D eigenvalue weighted by molar-refractivity contribution is 7.22. The number of ether oxygens (including phenoxy) is 1. The summed E-state index contributed by atoms with van der Waals surface area (Å²) in [5.41, 5.74) is 3.38. The van der Waals surface area contributed by atoms with Gasteiger partial charge in [0.25, 0.3) is 5.91 Å². The largest absolute Gasteiger partial charge is 0.496 e. The number of benzene rings is 1. The zero-order valence-corrected chi connectivity index (χ0v) is 25.7. The number of thiophene rings is 1. The number of aromatic nitrogens is 2. The molecule has 8 nitrogen and oxygen atoms in total. The van der Waals surface area contributed by atoms with E-state index in [9.17, 15) is 14.7 Å². The van der Waals surface area contributed by atoms with Gasteiger partial charge >= 0.3 is 6.09 Å². The molecule has 3 aliphatic rings. The van der Waals surface area contributed by atoms with Crippen molar-refractivity contribution in [1.29, 1.82) is 0 Å². The standard InChI is InChI=1S/C33H38N4O4S/c1-18-27-25(41-5)14-22(31(38)36-17-21-10-11-23(36)28(21)37(32(39)40)33(2,3)4)15-26(27)42-29(18)24-13-20-7-6-12-34-30(20)35(24)16-19-8-9-19/h6-7,12-15,19,21,23,28H,8-11,16-17H2,1-5H3,(H,39,40)/t21?,23?,28-/m1/s1. The molecule has 2 bridgehead atoms. The molecule has 1 aliphatic heterocycles. The Hall–Kier alpha value is -3.59. The first-order valence-corrected chi connectivity index (χ1v) is 15.8. The molecule has 7 rings (SSSR count). The van der Waals surface area contributed by atoms with Crippen molar-refractivity contribution in [3.63, 3.8) is 0 Å². The maximum Gasteiger partial charge on any atom is 0.408 e. The van der Waals surface area contributed by atoms with Crippen molar-refractivity contribution in [3.05, 3.63) is 47.7 Å². The van der Waals surface area contributed by atoms with Crippen LogP contribution in [0.4, 0.5) is 4.79 Å². The van der Waals surface area contributed by atoms with Crippen molar-refractivity contribution in [2.75, 3.05) is 13.7 Å². The van der Waals surface area contributed by atoms with E-state index in [1.54, 1.807) is 23.3 Å². The third kappa shape index (κ3) is 4.27. The lowest BCUT2D eigenvalue weighted by molar-refractivity contribution is 0.0503. The number of methoxy groups -OCH3 is 1. The normalized spacial score (nSPS) is 21.9. The molecule has 2 amide bonds. The van der Waals surface area contributed by atoms with Crippen LogP contribution in [-0.2, 0) is 6.54 Å². The Labute approximate surface area is 249 Å². The maximum absolute atomic E-state index is 14.1. The van der Waals surface area contributed by atoms with E-state index in [4.69, 9.17) is 9.72 Å². The van der Waals surface area contributed by atoms with E-state index in [-0.39, 0.29) is 23.9 Å². The number of amides is 2. The van der Waals surface area contributed by atoms with Gasteiger partial charge in [-0.25, -0.2) is 9.78 Å². The molecule has 2 aliphatic carbocycles. The van der Waals surface area contributed by atoms with E-state index in [1.807, 2.05) is 50.1 Å². The minimum absolute atomic E-state index is 0.0497. The number of rotatable bonds is 6. The Morgan fingerprint density at radius 1 is 1.17 bits per heavy atom. The fraction of sp³-hybridized carbons (Fsp3) is 0.485. The molecule has 3 aromatic heterocycles. The van der Waals surface area contributed by atoms with Crippen LogP contribution in [0.5, 0.6) is 5.75 Å². The summed E-state index contributed by atoms with van der Waals surface area (Å²) in [5, 5.41) is 12.3. The molecule has 3 atom stereocenters. The fourth-order valence-electron chi connectivity index (χ4n) is 7.50. The molecular weight excluding hydrogens is 548 g/mol. The monoisotopic (exact) mass is 586 g/mol. The van der Waals surface area contributed by atoms with Crippen molar-refractivity contribution < 1.29 is 19.4 Å². The molecule has 0 radical (unpaired) electrons. The molecule has 2 unspecified atom stereocenters. The number of carbonyl (C=O) groups is 2. The number of fused-ring (bicyclic) bond motifs is 4. The Morgan fingerprint density at radius 2 is 1.95 bits per heavy atom. The van der Waals surface area contributed by atoms with E-state index in [0.29, 0.717) is 23.8 Å². The van der Waals surface area contributed by atoms with Gasteiger partial charge in [0.2, 0.25) is 0 Å². The number of hydrogen-bond acceptors (Lipinski definition) is 5. The lowest BCUT2D eigenvalue weighted by Gasteiger charge is -2.40. The van der Waals surface area contributed by atoms with Gasteiger partial charge in [0.15, 0.2) is 0 Å². The molecule has 220 valence electrons. The first kappa shape index (κ1) is 27.3. The Morgan fingerprint density at radius 3 is 2.64 bits per heavy atom. The lowest BCUT2D eigenvalue weighted by atomic mass is 9.98. The molecule has 42 heavy (non-hydrogen) atoms. The van der Waals surface area contributed by atoms with Crippen LogP contribution >= 0.6 is 11.3 Å². The number of carboxylic acid groups (broad SMARTS) is 1. The molecule has 9 heteroatoms. The number of carbonyl (C=O) groups excluding carboxylic acids is 1. The molecule has 1 aromatic carbocycles. The second-order valence-corrected chi connectivity index (χ2v) is 14.3. The van der Waals surface area contributed by atoms with Crippen LogP contribution in [0.15, 0.2) is 36.5 Å². The van der Waals surface area contributed by atoms with Gasteiger partial charge in [0.1, 0.15) is 11.4 Å². The van der Waals surface area contributed by atoms with Crippen molar-refractivity contribution in [2.45, 2.75) is 77.5 Å². The van der Waals surface area contributed by atoms with Gasteiger partial charge in [0, 0.05) is 45.9 Å². The molecule has 4 heterocycles. The maximum atomic E-state index is 14.1. The summed E-state index contributed by atoms with van der Waals surface area (Å²) in [6.07, 6.45) is 5.23. The topological polar surface area (TPSA) is 87.9 Å². The van der Waals surface area contributed by atoms with Crippen LogP contribution in [0.3, 0.4) is 0 Å². The third-order valence-electron chi connectivity index (χ3n) is 9.52. The lowest BCUT2D eigenvalue weighted by Crippen LogP contribution is -2.55. The Kier molecular flexibility index (Phi) is 6.31. The van der Waals surface area contributed by atoms with Crippen molar-refractivity contribution in [1.82, 2.24) is 19.4 Å². The van der Waals surface area contributed by atoms with E-state index in [2.05, 4.69) is 23.6 Å². The van der Waals surface area contributed by atoms with Gasteiger partial charge in [-0.2, -0.15) is 0 Å². The molecular formula is C33H38N4O4S. The molecule has 0 spiro atoms. The number of hydrogen-bond donors (Lipinski definition) is 1. The molecule has 2 saturated carbocycles. The van der Waals surface area contributed by atoms with Gasteiger partial charge < -0.3 is 19.3 Å². The van der Waals surface area contributed by atoms with E-state index >= 15 is 0 Å². The summed E-state index contributed by atoms with van der Waals surface area (Å²) in [6, 6.07) is 9.92. The van der Waals surface area contributed by atoms with Crippen LogP contribution in [0.1, 0.15) is 62.4 Å². The summed E-state index contributed by atoms with van der Waals surface area (Å²) < 4.78 is 9.29. The number of likely N-dealkylation sites (tertiary alicyclic amines) is 1. The van der Waals surface area contributed by atoms with Gasteiger partial charge in [-0.15, -0.1) is 11.3 Å². The first-order valence-electron chi connectivity index (χ1n) is 15.0. The van der Waals surface area contributed by atoms with Gasteiger partial charge in [-0.1, -0.05) is 0 Å². The summed E-state index contributed by atoms with van der Waals surface area (Å²) in [5.74, 6) is 1.50. The minimum atomic E-state index is -0.919. The zero-order chi connectivity index (χ0) is 29.5. The van der Waals surface area contributed by atoms with Crippen molar-refractivity contribution in [3.8, 4) is 16.3 Å². The summed E-state index contributed by atoms with van der Waals surface area (Å²) in [6.45, 7) is 9.48. The predicted molar refractivity (Wildman–Crippen MR) is 166 cm³/mol. The summed E-state index contributed by atoms with van der Waals surface area (Å²) >= 11 is 1.70. The fourth-order valence-corrected chi connectivity index (χ4v) is 8.79. The molecule has 1 saturated heterocycles. The minimum Gasteiger partial charge on any atom is -0.496 e. The quantitative estimate of drug-likeness (QED) is 0.262. The zero-order valence-electron chi connectivity index (χ0n) is 24.9. The van der Waals surface area contributed by atoms with Crippen molar-refractivity contribution >= 4 is 44.5 Å². The van der Waals surface area contributed by atoms with Crippen LogP contribution < -0.4 is 4.74 Å². The van der Waals surface area contributed by atoms with Gasteiger partial charge in [-0.3, -0.25) is 9.69 Å².